The Hall–Kier alpha value is -2.77. The van der Waals surface area contributed by atoms with Crippen molar-refractivity contribution >= 4 is 17.0 Å². The minimum atomic E-state index is -0.180. The number of hydrogen-bond acceptors (Lipinski definition) is 5. The highest BCUT2D eigenvalue weighted by Crippen LogP contribution is 2.35. The second kappa shape index (κ2) is 8.30. The van der Waals surface area contributed by atoms with Gasteiger partial charge < -0.3 is 10.2 Å². The van der Waals surface area contributed by atoms with Crippen LogP contribution in [-0.4, -0.2) is 58.3 Å². The van der Waals surface area contributed by atoms with Gasteiger partial charge in [0.1, 0.15) is 11.6 Å². The monoisotopic (exact) mass is 432 g/mol. The minimum Gasteiger partial charge on any atom is -0.348 e. The van der Waals surface area contributed by atoms with Crippen LogP contribution in [0.5, 0.6) is 0 Å². The standard InChI is InChI=1S/C25H29FN6/c26-20-4-1-3-18(15-20)22-5-2-13-31(22)25-7-6-24-28-16-23(32(24)29-25)19-10-14-30(17-19)21-8-11-27-12-9-21/h1,3-4,6-7,10,15-16,21-22,27H,2,5,8-9,11-14,17H2. The average molecular weight is 433 g/mol. The molecule has 1 atom stereocenters. The molecule has 5 heterocycles. The zero-order valence-corrected chi connectivity index (χ0v) is 18.3. The van der Waals surface area contributed by atoms with Crippen LogP contribution >= 0.6 is 0 Å². The fraction of sp³-hybridized carbons (Fsp3) is 0.440. The highest BCUT2D eigenvalue weighted by molar-refractivity contribution is 5.68. The van der Waals surface area contributed by atoms with Crippen molar-refractivity contribution in [1.82, 2.24) is 24.8 Å². The quantitative estimate of drug-likeness (QED) is 0.682. The maximum absolute atomic E-state index is 13.8. The summed E-state index contributed by atoms with van der Waals surface area (Å²) < 4.78 is 15.8. The van der Waals surface area contributed by atoms with E-state index in [-0.39, 0.29) is 11.9 Å². The molecular formula is C25H29FN6. The number of imidazole rings is 1. The van der Waals surface area contributed by atoms with E-state index in [4.69, 9.17) is 5.10 Å². The van der Waals surface area contributed by atoms with Gasteiger partial charge in [-0.3, -0.25) is 4.90 Å². The van der Waals surface area contributed by atoms with Gasteiger partial charge in [0, 0.05) is 25.7 Å². The summed E-state index contributed by atoms with van der Waals surface area (Å²) in [5.74, 6) is 0.749. The highest BCUT2D eigenvalue weighted by Gasteiger charge is 2.29. The lowest BCUT2D eigenvalue weighted by Gasteiger charge is -2.31. The lowest BCUT2D eigenvalue weighted by atomic mass is 10.0. The molecule has 3 aromatic rings. The fourth-order valence-corrected chi connectivity index (χ4v) is 5.55. The molecule has 166 valence electrons. The molecule has 3 aliphatic heterocycles. The Morgan fingerprint density at radius 3 is 2.84 bits per heavy atom. The Bertz CT molecular complexity index is 1150. The van der Waals surface area contributed by atoms with Gasteiger partial charge in [-0.25, -0.2) is 13.9 Å². The third-order valence-corrected chi connectivity index (χ3v) is 7.23. The number of benzene rings is 1. The summed E-state index contributed by atoms with van der Waals surface area (Å²) in [7, 11) is 0. The summed E-state index contributed by atoms with van der Waals surface area (Å²) in [5.41, 5.74) is 4.28. The number of halogens is 1. The van der Waals surface area contributed by atoms with Crippen LogP contribution in [0.15, 0.2) is 48.7 Å². The molecule has 1 unspecified atom stereocenters. The maximum Gasteiger partial charge on any atom is 0.154 e. The summed E-state index contributed by atoms with van der Waals surface area (Å²) >= 11 is 0. The van der Waals surface area contributed by atoms with Crippen LogP contribution < -0.4 is 10.2 Å². The van der Waals surface area contributed by atoms with Crippen molar-refractivity contribution in [2.75, 3.05) is 37.6 Å². The Morgan fingerprint density at radius 1 is 1.06 bits per heavy atom. The predicted octanol–water partition coefficient (Wildman–Crippen LogP) is 3.66. The zero-order chi connectivity index (χ0) is 21.5. The largest absolute Gasteiger partial charge is 0.348 e. The fourth-order valence-electron chi connectivity index (χ4n) is 5.55. The summed E-state index contributed by atoms with van der Waals surface area (Å²) in [5, 5.41) is 8.47. The number of nitrogens with zero attached hydrogens (tertiary/aromatic N) is 5. The van der Waals surface area contributed by atoms with Crippen LogP contribution in [0.3, 0.4) is 0 Å². The van der Waals surface area contributed by atoms with Crippen LogP contribution in [-0.2, 0) is 0 Å². The molecule has 2 fully saturated rings. The van der Waals surface area contributed by atoms with Crippen LogP contribution in [0.2, 0.25) is 0 Å². The lowest BCUT2D eigenvalue weighted by Crippen LogP contribution is -2.42. The number of aromatic nitrogens is 3. The van der Waals surface area contributed by atoms with Gasteiger partial charge in [0.15, 0.2) is 5.65 Å². The molecule has 3 aliphatic rings. The van der Waals surface area contributed by atoms with Gasteiger partial charge in [-0.1, -0.05) is 18.2 Å². The summed E-state index contributed by atoms with van der Waals surface area (Å²) in [6, 6.07) is 11.9. The summed E-state index contributed by atoms with van der Waals surface area (Å²) in [6.07, 6.45) is 8.81. The van der Waals surface area contributed by atoms with Crippen LogP contribution in [0, 0.1) is 5.82 Å². The maximum atomic E-state index is 13.8. The Labute approximate surface area is 187 Å². The van der Waals surface area contributed by atoms with Crippen molar-refractivity contribution in [3.05, 3.63) is 65.7 Å². The topological polar surface area (TPSA) is 48.7 Å². The van der Waals surface area contributed by atoms with Crippen molar-refractivity contribution < 1.29 is 4.39 Å². The molecule has 0 saturated carbocycles. The Balaban J connectivity index is 1.27. The number of nitrogens with one attached hydrogen (secondary N) is 1. The second-order valence-electron chi connectivity index (χ2n) is 9.15. The first-order chi connectivity index (χ1) is 15.8. The van der Waals surface area contributed by atoms with Crippen molar-refractivity contribution in [1.29, 1.82) is 0 Å². The molecule has 2 aromatic heterocycles. The zero-order valence-electron chi connectivity index (χ0n) is 18.3. The van der Waals surface area contributed by atoms with E-state index in [0.717, 1.165) is 68.3 Å². The molecule has 0 aliphatic carbocycles. The van der Waals surface area contributed by atoms with Gasteiger partial charge in [-0.05, 0) is 74.2 Å². The average Bonchev–Trinajstić information content (AvgIpc) is 3.58. The lowest BCUT2D eigenvalue weighted by molar-refractivity contribution is 0.208. The molecule has 6 rings (SSSR count). The SMILES string of the molecule is Fc1cccc(C2CCCN2c2ccc3ncc(C4=CCN(C5CCNCC5)C4)n3n2)c1. The van der Waals surface area contributed by atoms with E-state index >= 15 is 0 Å². The van der Waals surface area contributed by atoms with Crippen LogP contribution in [0.4, 0.5) is 10.2 Å². The third kappa shape index (κ3) is 3.59. The smallest absolute Gasteiger partial charge is 0.154 e. The van der Waals surface area contributed by atoms with E-state index < -0.39 is 0 Å². The number of hydrogen-bond donors (Lipinski definition) is 1. The van der Waals surface area contributed by atoms with Crippen molar-refractivity contribution in [2.24, 2.45) is 0 Å². The molecule has 1 N–H and O–H groups in total. The van der Waals surface area contributed by atoms with E-state index in [0.29, 0.717) is 6.04 Å². The third-order valence-electron chi connectivity index (χ3n) is 7.23. The molecule has 0 radical (unpaired) electrons. The Kier molecular flexibility index (Phi) is 5.15. The molecule has 0 bridgehead atoms. The van der Waals surface area contributed by atoms with Crippen molar-refractivity contribution in [3.8, 4) is 0 Å². The van der Waals surface area contributed by atoms with E-state index in [2.05, 4.69) is 26.2 Å². The predicted molar refractivity (Wildman–Crippen MR) is 124 cm³/mol. The molecule has 6 nitrogen and oxygen atoms in total. The van der Waals surface area contributed by atoms with Crippen molar-refractivity contribution in [2.45, 2.75) is 37.8 Å². The van der Waals surface area contributed by atoms with E-state index in [1.54, 1.807) is 12.1 Å². The van der Waals surface area contributed by atoms with Crippen LogP contribution in [0.1, 0.15) is 43.0 Å². The van der Waals surface area contributed by atoms with Gasteiger partial charge >= 0.3 is 0 Å². The molecule has 2 saturated heterocycles. The highest BCUT2D eigenvalue weighted by atomic mass is 19.1. The van der Waals surface area contributed by atoms with Gasteiger partial charge in [0.05, 0.1) is 17.9 Å². The number of anilines is 1. The van der Waals surface area contributed by atoms with Gasteiger partial charge in [-0.2, -0.15) is 0 Å². The summed E-state index contributed by atoms with van der Waals surface area (Å²) in [6.45, 7) is 5.11. The number of rotatable bonds is 4. The molecule has 32 heavy (non-hydrogen) atoms. The molecule has 0 spiro atoms. The van der Waals surface area contributed by atoms with Gasteiger partial charge in [-0.15, -0.1) is 5.10 Å². The van der Waals surface area contributed by atoms with E-state index in [1.807, 2.05) is 28.9 Å². The number of fused-ring (bicyclic) bond motifs is 1. The summed E-state index contributed by atoms with van der Waals surface area (Å²) in [4.78, 5) is 9.51. The molecule has 0 amide bonds. The van der Waals surface area contributed by atoms with E-state index in [9.17, 15) is 4.39 Å². The van der Waals surface area contributed by atoms with Crippen LogP contribution in [0.25, 0.3) is 11.2 Å². The van der Waals surface area contributed by atoms with E-state index in [1.165, 1.54) is 24.5 Å². The first-order valence-electron chi connectivity index (χ1n) is 11.8. The number of piperidine rings is 1. The molecular weight excluding hydrogens is 403 g/mol. The second-order valence-corrected chi connectivity index (χ2v) is 9.15. The first kappa shape index (κ1) is 19.9. The van der Waals surface area contributed by atoms with Gasteiger partial charge in [0.2, 0.25) is 0 Å². The normalized spacial score (nSPS) is 22.7. The molecule has 1 aromatic carbocycles. The Morgan fingerprint density at radius 2 is 1.97 bits per heavy atom. The molecule has 7 heteroatoms. The first-order valence-corrected chi connectivity index (χ1v) is 11.8. The minimum absolute atomic E-state index is 0.156. The van der Waals surface area contributed by atoms with Gasteiger partial charge in [0.25, 0.3) is 0 Å². The van der Waals surface area contributed by atoms with Crippen molar-refractivity contribution in [3.63, 3.8) is 0 Å².